The highest BCUT2D eigenvalue weighted by Gasteiger charge is 2.33. The largest absolute Gasteiger partial charge is 0.345 e. The summed E-state index contributed by atoms with van der Waals surface area (Å²) in [5.74, 6) is 0.408. The minimum Gasteiger partial charge on any atom is -0.345 e. The SMILES string of the molecule is O=C(NC(c1ccc(Cl)cc1)C1CC1)c1cncc(Br)c1. The fourth-order valence-corrected chi connectivity index (χ4v) is 2.82. The van der Waals surface area contributed by atoms with E-state index >= 15 is 0 Å². The molecule has 3 nitrogen and oxygen atoms in total. The van der Waals surface area contributed by atoms with Crippen molar-refractivity contribution >= 4 is 33.4 Å². The average Bonchev–Trinajstić information content (AvgIpc) is 3.30. The molecule has 1 saturated carbocycles. The molecule has 108 valence electrons. The molecular weight excluding hydrogens is 352 g/mol. The molecule has 1 atom stereocenters. The lowest BCUT2D eigenvalue weighted by molar-refractivity contribution is 0.0931. The van der Waals surface area contributed by atoms with Gasteiger partial charge >= 0.3 is 0 Å². The van der Waals surface area contributed by atoms with Crippen LogP contribution >= 0.6 is 27.5 Å². The lowest BCUT2D eigenvalue weighted by Crippen LogP contribution is -2.30. The van der Waals surface area contributed by atoms with Crippen molar-refractivity contribution in [3.05, 3.63) is 63.3 Å². The number of benzene rings is 1. The smallest absolute Gasteiger partial charge is 0.253 e. The summed E-state index contributed by atoms with van der Waals surface area (Å²) in [4.78, 5) is 16.4. The van der Waals surface area contributed by atoms with E-state index < -0.39 is 0 Å². The monoisotopic (exact) mass is 364 g/mol. The highest BCUT2D eigenvalue weighted by molar-refractivity contribution is 9.10. The topological polar surface area (TPSA) is 42.0 Å². The number of carbonyl (C=O) groups is 1. The standard InChI is InChI=1S/C16H14BrClN2O/c17-13-7-12(8-19-9-13)16(21)20-15(10-1-2-10)11-3-5-14(18)6-4-11/h3-10,15H,1-2H2,(H,20,21). The van der Waals surface area contributed by atoms with Gasteiger partial charge in [0.1, 0.15) is 0 Å². The van der Waals surface area contributed by atoms with E-state index in [-0.39, 0.29) is 11.9 Å². The minimum absolute atomic E-state index is 0.0359. The summed E-state index contributed by atoms with van der Waals surface area (Å²) in [7, 11) is 0. The third kappa shape index (κ3) is 3.63. The number of carbonyl (C=O) groups excluding carboxylic acids is 1. The van der Waals surface area contributed by atoms with Crippen molar-refractivity contribution in [3.8, 4) is 0 Å². The zero-order chi connectivity index (χ0) is 14.8. The number of nitrogens with one attached hydrogen (secondary N) is 1. The molecule has 21 heavy (non-hydrogen) atoms. The van der Waals surface area contributed by atoms with E-state index in [2.05, 4.69) is 26.2 Å². The number of amides is 1. The Labute approximate surface area is 136 Å². The van der Waals surface area contributed by atoms with Gasteiger partial charge in [-0.25, -0.2) is 0 Å². The summed E-state index contributed by atoms with van der Waals surface area (Å²) < 4.78 is 0.796. The van der Waals surface area contributed by atoms with Crippen LogP contribution in [0.15, 0.2) is 47.2 Å². The number of halogens is 2. The van der Waals surface area contributed by atoms with Gasteiger partial charge < -0.3 is 5.32 Å². The Balaban J connectivity index is 1.79. The van der Waals surface area contributed by atoms with Crippen molar-refractivity contribution in [2.75, 3.05) is 0 Å². The first-order chi connectivity index (χ1) is 10.1. The van der Waals surface area contributed by atoms with Crippen molar-refractivity contribution < 1.29 is 4.79 Å². The number of nitrogens with zero attached hydrogens (tertiary/aromatic N) is 1. The van der Waals surface area contributed by atoms with Crippen molar-refractivity contribution in [3.63, 3.8) is 0 Å². The van der Waals surface area contributed by atoms with Crippen LogP contribution in [0.2, 0.25) is 5.02 Å². The maximum Gasteiger partial charge on any atom is 0.253 e. The Hall–Kier alpha value is -1.39. The van der Waals surface area contributed by atoms with Crippen LogP contribution in [0.1, 0.15) is 34.8 Å². The summed E-state index contributed by atoms with van der Waals surface area (Å²) in [6.07, 6.45) is 5.52. The van der Waals surface area contributed by atoms with Crippen molar-refractivity contribution in [1.82, 2.24) is 10.3 Å². The predicted octanol–water partition coefficient (Wildman–Crippen LogP) is 4.38. The molecule has 5 heteroatoms. The molecular formula is C16H14BrClN2O. The summed E-state index contributed by atoms with van der Waals surface area (Å²) in [6, 6.07) is 9.48. The second-order valence-corrected chi connectivity index (χ2v) is 6.58. The first-order valence-electron chi connectivity index (χ1n) is 6.80. The summed E-state index contributed by atoms with van der Waals surface area (Å²) in [5.41, 5.74) is 1.65. The third-order valence-electron chi connectivity index (χ3n) is 3.58. The van der Waals surface area contributed by atoms with Gasteiger partial charge in [-0.05, 0) is 58.5 Å². The van der Waals surface area contributed by atoms with E-state index in [0.717, 1.165) is 22.9 Å². The molecule has 1 heterocycles. The lowest BCUT2D eigenvalue weighted by atomic mass is 10.0. The van der Waals surface area contributed by atoms with E-state index in [1.807, 2.05) is 24.3 Å². The first-order valence-corrected chi connectivity index (χ1v) is 7.97. The molecule has 1 amide bonds. The molecule has 0 spiro atoms. The number of pyridine rings is 1. The molecule has 1 unspecified atom stereocenters. The van der Waals surface area contributed by atoms with Crippen LogP contribution in [0.3, 0.4) is 0 Å². The molecule has 0 bridgehead atoms. The highest BCUT2D eigenvalue weighted by atomic mass is 79.9. The molecule has 1 aromatic heterocycles. The number of rotatable bonds is 4. The number of hydrogen-bond donors (Lipinski definition) is 1. The van der Waals surface area contributed by atoms with Crippen LogP contribution in [0.25, 0.3) is 0 Å². The van der Waals surface area contributed by atoms with Gasteiger partial charge in [0, 0.05) is 21.9 Å². The normalized spacial score (nSPS) is 15.5. The Morgan fingerprint density at radius 3 is 2.62 bits per heavy atom. The van der Waals surface area contributed by atoms with Gasteiger partial charge in [-0.3, -0.25) is 9.78 Å². The van der Waals surface area contributed by atoms with Crippen molar-refractivity contribution in [2.24, 2.45) is 5.92 Å². The molecule has 0 aliphatic heterocycles. The summed E-state index contributed by atoms with van der Waals surface area (Å²) >= 11 is 9.26. The van der Waals surface area contributed by atoms with Crippen LogP contribution in [0.5, 0.6) is 0 Å². The average molecular weight is 366 g/mol. The van der Waals surface area contributed by atoms with Crippen LogP contribution in [-0.4, -0.2) is 10.9 Å². The minimum atomic E-state index is -0.101. The highest BCUT2D eigenvalue weighted by Crippen LogP contribution is 2.41. The Kier molecular flexibility index (Phi) is 4.27. The molecule has 1 aliphatic carbocycles. The molecule has 0 radical (unpaired) electrons. The zero-order valence-electron chi connectivity index (χ0n) is 11.2. The number of aromatic nitrogens is 1. The molecule has 3 rings (SSSR count). The van der Waals surface area contributed by atoms with Crippen molar-refractivity contribution in [1.29, 1.82) is 0 Å². The summed E-state index contributed by atoms with van der Waals surface area (Å²) in [5, 5.41) is 3.82. The zero-order valence-corrected chi connectivity index (χ0v) is 13.6. The third-order valence-corrected chi connectivity index (χ3v) is 4.26. The van der Waals surface area contributed by atoms with Crippen molar-refractivity contribution in [2.45, 2.75) is 18.9 Å². The Morgan fingerprint density at radius 1 is 1.29 bits per heavy atom. The quantitative estimate of drug-likeness (QED) is 0.873. The van der Waals surface area contributed by atoms with Crippen LogP contribution in [0.4, 0.5) is 0 Å². The summed E-state index contributed by atoms with van der Waals surface area (Å²) in [6.45, 7) is 0. The van der Waals surface area contributed by atoms with Gasteiger partial charge in [0.25, 0.3) is 5.91 Å². The molecule has 0 saturated heterocycles. The maximum atomic E-state index is 12.4. The van der Waals surface area contributed by atoms with Crippen LogP contribution in [-0.2, 0) is 0 Å². The lowest BCUT2D eigenvalue weighted by Gasteiger charge is -2.19. The fourth-order valence-electron chi connectivity index (χ4n) is 2.33. The van der Waals surface area contributed by atoms with E-state index in [9.17, 15) is 4.79 Å². The van der Waals surface area contributed by atoms with Gasteiger partial charge in [0.2, 0.25) is 0 Å². The number of hydrogen-bond acceptors (Lipinski definition) is 2. The molecule has 1 aliphatic rings. The van der Waals surface area contributed by atoms with Gasteiger partial charge in [-0.1, -0.05) is 23.7 Å². The Bertz CT molecular complexity index is 656. The van der Waals surface area contributed by atoms with E-state index in [1.54, 1.807) is 18.5 Å². The fraction of sp³-hybridized carbons (Fsp3) is 0.250. The van der Waals surface area contributed by atoms with E-state index in [0.29, 0.717) is 16.5 Å². The van der Waals surface area contributed by atoms with Gasteiger partial charge in [0.15, 0.2) is 0 Å². The predicted molar refractivity (Wildman–Crippen MR) is 86.3 cm³/mol. The molecule has 1 fully saturated rings. The van der Waals surface area contributed by atoms with Gasteiger partial charge in [-0.15, -0.1) is 0 Å². The second kappa shape index (κ2) is 6.16. The molecule has 1 N–H and O–H groups in total. The molecule has 1 aromatic carbocycles. The Morgan fingerprint density at radius 2 is 2.00 bits per heavy atom. The molecule has 2 aromatic rings. The van der Waals surface area contributed by atoms with Crippen LogP contribution < -0.4 is 5.32 Å². The van der Waals surface area contributed by atoms with Crippen LogP contribution in [0, 0.1) is 5.92 Å². The van der Waals surface area contributed by atoms with Gasteiger partial charge in [-0.2, -0.15) is 0 Å². The van der Waals surface area contributed by atoms with E-state index in [1.165, 1.54) is 0 Å². The van der Waals surface area contributed by atoms with E-state index in [4.69, 9.17) is 11.6 Å². The second-order valence-electron chi connectivity index (χ2n) is 5.23. The maximum absolute atomic E-state index is 12.4. The first kappa shape index (κ1) is 14.5. The van der Waals surface area contributed by atoms with Gasteiger partial charge in [0.05, 0.1) is 11.6 Å².